The van der Waals surface area contributed by atoms with Crippen LogP contribution in [0.25, 0.3) is 0 Å². The van der Waals surface area contributed by atoms with Gasteiger partial charge in [0.15, 0.2) is 0 Å². The molecule has 0 fully saturated rings. The lowest BCUT2D eigenvalue weighted by Crippen LogP contribution is -2.18. The second kappa shape index (κ2) is 13.1. The molecule has 0 spiro atoms. The van der Waals surface area contributed by atoms with Gasteiger partial charge in [0.25, 0.3) is 0 Å². The zero-order valence-corrected chi connectivity index (χ0v) is 21.2. The van der Waals surface area contributed by atoms with Gasteiger partial charge >= 0.3 is 0 Å². The van der Waals surface area contributed by atoms with Gasteiger partial charge in [0, 0.05) is 38.6 Å². The van der Waals surface area contributed by atoms with E-state index in [0.29, 0.717) is 34.5 Å². The number of amides is 2. The number of carbonyl (C=O) groups is 2. The Bertz CT molecular complexity index is 1170. The smallest absolute Gasteiger partial charge is 0.240 e. The molecule has 34 heavy (non-hydrogen) atoms. The summed E-state index contributed by atoms with van der Waals surface area (Å²) in [6, 6.07) is 19.8. The molecule has 0 unspecified atom stereocenters. The minimum atomic E-state index is -0.266. The summed E-state index contributed by atoms with van der Waals surface area (Å²) in [4.78, 5) is 24.0. The van der Waals surface area contributed by atoms with E-state index >= 15 is 0 Å². The van der Waals surface area contributed by atoms with Crippen molar-refractivity contribution in [3.8, 4) is 5.75 Å². The van der Waals surface area contributed by atoms with E-state index in [1.54, 1.807) is 30.3 Å². The average molecular weight is 563 g/mol. The second-order valence-corrected chi connectivity index (χ2v) is 9.06. The van der Waals surface area contributed by atoms with E-state index in [1.165, 1.54) is 6.21 Å². The summed E-state index contributed by atoms with van der Waals surface area (Å²) in [5, 5.41) is 7.88. The Hall–Kier alpha value is -2.87. The van der Waals surface area contributed by atoms with Crippen molar-refractivity contribution < 1.29 is 14.3 Å². The molecule has 2 amide bonds. The average Bonchev–Trinajstić information content (AvgIpc) is 2.80. The molecule has 0 aliphatic rings. The Morgan fingerprint density at radius 2 is 1.74 bits per heavy atom. The monoisotopic (exact) mass is 561 g/mol. The molecular formula is C25H22BrCl2N3O3. The normalized spacial score (nSPS) is 10.8. The number of ether oxygens (including phenoxy) is 1. The van der Waals surface area contributed by atoms with Crippen LogP contribution >= 0.6 is 39.1 Å². The Morgan fingerprint density at radius 3 is 2.50 bits per heavy atom. The quantitative estimate of drug-likeness (QED) is 0.216. The van der Waals surface area contributed by atoms with Crippen LogP contribution in [0.5, 0.6) is 5.75 Å². The lowest BCUT2D eigenvalue weighted by atomic mass is 10.2. The van der Waals surface area contributed by atoms with Crippen molar-refractivity contribution in [2.45, 2.75) is 25.9 Å². The molecule has 0 saturated carbocycles. The molecule has 0 aliphatic heterocycles. The van der Waals surface area contributed by atoms with Crippen molar-refractivity contribution in [1.29, 1.82) is 0 Å². The van der Waals surface area contributed by atoms with E-state index in [2.05, 4.69) is 31.8 Å². The van der Waals surface area contributed by atoms with Gasteiger partial charge in [-0.15, -0.1) is 0 Å². The molecule has 3 aromatic carbocycles. The topological polar surface area (TPSA) is 79.8 Å². The Labute approximate surface area is 216 Å². The first-order chi connectivity index (χ1) is 16.4. The Morgan fingerprint density at radius 1 is 0.971 bits per heavy atom. The van der Waals surface area contributed by atoms with Crippen LogP contribution in [0.3, 0.4) is 0 Å². The number of anilines is 1. The predicted octanol–water partition coefficient (Wildman–Crippen LogP) is 6.59. The highest BCUT2D eigenvalue weighted by Crippen LogP contribution is 2.23. The van der Waals surface area contributed by atoms with Gasteiger partial charge in [-0.05, 0) is 60.5 Å². The summed E-state index contributed by atoms with van der Waals surface area (Å²) in [6.45, 7) is 0.294. The van der Waals surface area contributed by atoms with E-state index in [-0.39, 0.29) is 24.7 Å². The zero-order chi connectivity index (χ0) is 24.3. The van der Waals surface area contributed by atoms with Crippen molar-refractivity contribution in [3.63, 3.8) is 0 Å². The third kappa shape index (κ3) is 8.82. The van der Waals surface area contributed by atoms with Crippen molar-refractivity contribution in [1.82, 2.24) is 5.43 Å². The predicted molar refractivity (Wildman–Crippen MR) is 140 cm³/mol. The zero-order valence-electron chi connectivity index (χ0n) is 18.1. The van der Waals surface area contributed by atoms with Crippen molar-refractivity contribution in [2.24, 2.45) is 5.10 Å². The summed E-state index contributed by atoms with van der Waals surface area (Å²) in [5.74, 6) is 0.228. The Kier molecular flexibility index (Phi) is 9.94. The number of benzene rings is 3. The lowest BCUT2D eigenvalue weighted by molar-refractivity contribution is -0.121. The van der Waals surface area contributed by atoms with Gasteiger partial charge in [-0.25, -0.2) is 5.43 Å². The maximum atomic E-state index is 12.0. The van der Waals surface area contributed by atoms with Crippen LogP contribution in [-0.2, 0) is 16.2 Å². The fourth-order valence-corrected chi connectivity index (χ4v) is 3.61. The van der Waals surface area contributed by atoms with E-state index in [1.807, 2.05) is 36.4 Å². The van der Waals surface area contributed by atoms with E-state index in [9.17, 15) is 9.59 Å². The number of halogens is 3. The van der Waals surface area contributed by atoms with Crippen molar-refractivity contribution in [2.75, 3.05) is 5.32 Å². The number of rotatable bonds is 10. The molecule has 0 bridgehead atoms. The van der Waals surface area contributed by atoms with Gasteiger partial charge in [-0.1, -0.05) is 57.3 Å². The van der Waals surface area contributed by atoms with Gasteiger partial charge < -0.3 is 10.1 Å². The maximum absolute atomic E-state index is 12.0. The number of hydrazone groups is 1. The van der Waals surface area contributed by atoms with Crippen LogP contribution in [-0.4, -0.2) is 18.0 Å². The highest BCUT2D eigenvalue weighted by molar-refractivity contribution is 9.10. The highest BCUT2D eigenvalue weighted by Gasteiger charge is 2.06. The molecule has 9 heteroatoms. The third-order valence-electron chi connectivity index (χ3n) is 4.61. The molecule has 0 radical (unpaired) electrons. The van der Waals surface area contributed by atoms with Gasteiger partial charge in [0.2, 0.25) is 11.8 Å². The van der Waals surface area contributed by atoms with Gasteiger partial charge in [-0.2, -0.15) is 5.10 Å². The summed E-state index contributed by atoms with van der Waals surface area (Å²) in [5.41, 5.74) is 4.77. The first-order valence-electron chi connectivity index (χ1n) is 10.4. The van der Waals surface area contributed by atoms with Crippen LogP contribution in [0, 0.1) is 0 Å². The van der Waals surface area contributed by atoms with Crippen LogP contribution in [0.2, 0.25) is 10.0 Å². The SMILES string of the molecule is O=C(CCCC(=O)Nc1ccc(Br)cc1)N/N=C\c1cccc(OCc2ccc(Cl)cc2Cl)c1. The summed E-state index contributed by atoms with van der Waals surface area (Å²) < 4.78 is 6.72. The van der Waals surface area contributed by atoms with Gasteiger partial charge in [-0.3, -0.25) is 9.59 Å². The fraction of sp³-hybridized carbons (Fsp3) is 0.160. The molecule has 2 N–H and O–H groups in total. The molecule has 0 saturated heterocycles. The molecule has 0 aromatic heterocycles. The summed E-state index contributed by atoms with van der Waals surface area (Å²) >= 11 is 15.4. The van der Waals surface area contributed by atoms with Crippen LogP contribution in [0.4, 0.5) is 5.69 Å². The molecular weight excluding hydrogens is 541 g/mol. The molecule has 0 heterocycles. The first kappa shape index (κ1) is 25.7. The second-order valence-electron chi connectivity index (χ2n) is 7.30. The third-order valence-corrected chi connectivity index (χ3v) is 5.72. The van der Waals surface area contributed by atoms with Crippen molar-refractivity contribution in [3.05, 3.63) is 92.4 Å². The first-order valence-corrected chi connectivity index (χ1v) is 12.0. The van der Waals surface area contributed by atoms with Gasteiger partial charge in [0.05, 0.1) is 6.21 Å². The molecule has 0 aliphatic carbocycles. The van der Waals surface area contributed by atoms with Crippen LogP contribution in [0.1, 0.15) is 30.4 Å². The highest BCUT2D eigenvalue weighted by atomic mass is 79.9. The standard InChI is InChI=1S/C25H22BrCl2N3O3/c26-19-8-11-21(12-9-19)30-24(32)5-2-6-25(33)31-29-15-17-3-1-4-22(13-17)34-16-18-7-10-20(27)14-23(18)28/h1,3-4,7-15H,2,5-6,16H2,(H,30,32)(H,31,33)/b29-15-. The van der Waals surface area contributed by atoms with Crippen LogP contribution < -0.4 is 15.5 Å². The maximum Gasteiger partial charge on any atom is 0.240 e. The minimum absolute atomic E-state index is 0.143. The number of nitrogens with zero attached hydrogens (tertiary/aromatic N) is 1. The summed E-state index contributed by atoms with van der Waals surface area (Å²) in [6.07, 6.45) is 2.38. The number of carbonyl (C=O) groups excluding carboxylic acids is 2. The number of hydrogen-bond acceptors (Lipinski definition) is 4. The molecule has 6 nitrogen and oxygen atoms in total. The molecule has 3 rings (SSSR count). The minimum Gasteiger partial charge on any atom is -0.489 e. The fourth-order valence-electron chi connectivity index (χ4n) is 2.89. The van der Waals surface area contributed by atoms with E-state index in [4.69, 9.17) is 27.9 Å². The summed E-state index contributed by atoms with van der Waals surface area (Å²) in [7, 11) is 0. The van der Waals surface area contributed by atoms with Crippen molar-refractivity contribution >= 4 is 62.8 Å². The molecule has 3 aromatic rings. The van der Waals surface area contributed by atoms with E-state index in [0.717, 1.165) is 15.6 Å². The van der Waals surface area contributed by atoms with Crippen LogP contribution in [0.15, 0.2) is 76.3 Å². The number of hydrogen-bond donors (Lipinski definition) is 2. The lowest BCUT2D eigenvalue weighted by Gasteiger charge is -2.08. The molecule has 176 valence electrons. The number of nitrogens with one attached hydrogen (secondary N) is 2. The van der Waals surface area contributed by atoms with E-state index < -0.39 is 0 Å². The molecule has 0 atom stereocenters. The van der Waals surface area contributed by atoms with Gasteiger partial charge in [0.1, 0.15) is 12.4 Å². The largest absolute Gasteiger partial charge is 0.489 e. The Balaban J connectivity index is 1.39.